The fourth-order valence-corrected chi connectivity index (χ4v) is 6.72. The highest BCUT2D eigenvalue weighted by atomic mass is 16.6. The van der Waals surface area contributed by atoms with E-state index in [1.165, 1.54) is 4.90 Å². The minimum absolute atomic E-state index is 0.0512. The lowest BCUT2D eigenvalue weighted by Crippen LogP contribution is -2.56. The van der Waals surface area contributed by atoms with Gasteiger partial charge in [-0.15, -0.1) is 0 Å². The number of carboxylic acids is 1. The highest BCUT2D eigenvalue weighted by molar-refractivity contribution is 6.07. The van der Waals surface area contributed by atoms with Gasteiger partial charge in [-0.3, -0.25) is 9.59 Å². The summed E-state index contributed by atoms with van der Waals surface area (Å²) in [5, 5.41) is 18.4. The second kappa shape index (κ2) is 12.8. The zero-order chi connectivity index (χ0) is 33.3. The Hall–Kier alpha value is -4.67. The zero-order valence-electron chi connectivity index (χ0n) is 27.0. The Kier molecular flexibility index (Phi) is 8.82. The van der Waals surface area contributed by atoms with Gasteiger partial charge < -0.3 is 30.1 Å². The van der Waals surface area contributed by atoms with Gasteiger partial charge in [0.25, 0.3) is 0 Å². The predicted octanol–water partition coefficient (Wildman–Crippen LogP) is 5.11. The number of pyridine rings is 1. The van der Waals surface area contributed by atoms with E-state index in [-0.39, 0.29) is 25.3 Å². The standard InChI is InChI=1S/C36H42N4O7/c1-35(2,3)47-34(45)38-28-18-8-6-4-5-7-13-22-20-36(22,33(43)44)39-30(41)29-19-23(21-40(29)32(28)42)46-31-26-16-10-9-14-24(26)25-15-11-12-17-27(25)37-31/h7,9-17,22-23,28-29H,4-6,8,18-21H2,1-3H3,(H,38,45)(H,39,41)(H,43,44)/t22-,23-,28+,29+,36-/m1/s1. The Morgan fingerprint density at radius 2 is 1.74 bits per heavy atom. The van der Waals surface area contributed by atoms with Gasteiger partial charge in [0.15, 0.2) is 0 Å². The van der Waals surface area contributed by atoms with Crippen LogP contribution in [0, 0.1) is 5.92 Å². The maximum atomic E-state index is 14.3. The Morgan fingerprint density at radius 3 is 2.49 bits per heavy atom. The Morgan fingerprint density at radius 1 is 1.02 bits per heavy atom. The average Bonchev–Trinajstić information content (AvgIpc) is 3.56. The number of hydrogen-bond donors (Lipinski definition) is 3. The van der Waals surface area contributed by atoms with Crippen molar-refractivity contribution in [1.82, 2.24) is 20.5 Å². The summed E-state index contributed by atoms with van der Waals surface area (Å²) in [6, 6.07) is 13.6. The van der Waals surface area contributed by atoms with Crippen molar-refractivity contribution in [3.63, 3.8) is 0 Å². The third kappa shape index (κ3) is 6.89. The lowest BCUT2D eigenvalue weighted by atomic mass is 10.0. The lowest BCUT2D eigenvalue weighted by Gasteiger charge is -2.30. The number of carboxylic acid groups (broad SMARTS) is 1. The molecule has 1 saturated heterocycles. The first-order chi connectivity index (χ1) is 22.4. The third-order valence-electron chi connectivity index (χ3n) is 9.16. The summed E-state index contributed by atoms with van der Waals surface area (Å²) in [7, 11) is 0. The molecule has 1 aliphatic carbocycles. The Bertz CT molecular complexity index is 1730. The van der Waals surface area contributed by atoms with E-state index in [4.69, 9.17) is 14.5 Å². The molecule has 6 rings (SSSR count). The van der Waals surface area contributed by atoms with Crippen molar-refractivity contribution in [2.24, 2.45) is 5.92 Å². The van der Waals surface area contributed by atoms with E-state index in [0.29, 0.717) is 18.7 Å². The van der Waals surface area contributed by atoms with E-state index >= 15 is 0 Å². The molecule has 3 N–H and O–H groups in total. The molecule has 1 saturated carbocycles. The van der Waals surface area contributed by atoms with Crippen LogP contribution < -0.4 is 15.4 Å². The molecule has 47 heavy (non-hydrogen) atoms. The second-order valence-corrected chi connectivity index (χ2v) is 13.8. The van der Waals surface area contributed by atoms with Crippen molar-refractivity contribution < 1.29 is 33.8 Å². The monoisotopic (exact) mass is 642 g/mol. The van der Waals surface area contributed by atoms with Crippen LogP contribution in [-0.4, -0.2) is 74.7 Å². The molecule has 5 atom stereocenters. The first-order valence-corrected chi connectivity index (χ1v) is 16.4. The van der Waals surface area contributed by atoms with E-state index in [1.807, 2.05) is 60.7 Å². The summed E-state index contributed by atoms with van der Waals surface area (Å²) in [5.74, 6) is -2.06. The number of para-hydroxylation sites is 1. The number of carbonyl (C=O) groups is 4. The highest BCUT2D eigenvalue weighted by Crippen LogP contribution is 2.45. The van der Waals surface area contributed by atoms with Gasteiger partial charge in [-0.2, -0.15) is 0 Å². The molecule has 11 nitrogen and oxygen atoms in total. The lowest BCUT2D eigenvalue weighted by molar-refractivity contribution is -0.145. The van der Waals surface area contributed by atoms with Crippen LogP contribution in [0.4, 0.5) is 4.79 Å². The van der Waals surface area contributed by atoms with Crippen LogP contribution in [0.15, 0.2) is 60.7 Å². The first-order valence-electron chi connectivity index (χ1n) is 16.4. The van der Waals surface area contributed by atoms with Crippen LogP contribution in [0.1, 0.15) is 65.7 Å². The average molecular weight is 643 g/mol. The summed E-state index contributed by atoms with van der Waals surface area (Å²) >= 11 is 0. The molecule has 2 aromatic carbocycles. The number of aromatic nitrogens is 1. The maximum Gasteiger partial charge on any atom is 0.408 e. The molecule has 3 aromatic rings. The van der Waals surface area contributed by atoms with Gasteiger partial charge in [-0.25, -0.2) is 14.6 Å². The number of hydrogen-bond acceptors (Lipinski definition) is 7. The highest BCUT2D eigenvalue weighted by Gasteiger charge is 2.61. The van der Waals surface area contributed by atoms with Crippen LogP contribution in [-0.2, 0) is 19.1 Å². The van der Waals surface area contributed by atoms with Crippen LogP contribution >= 0.6 is 0 Å². The normalized spacial score (nSPS) is 26.8. The first kappa shape index (κ1) is 32.3. The number of allylic oxidation sites excluding steroid dienone is 1. The summed E-state index contributed by atoms with van der Waals surface area (Å²) in [4.78, 5) is 59.7. The number of aliphatic carboxylic acids is 1. The molecule has 0 unspecified atom stereocenters. The Labute approximate surface area is 273 Å². The van der Waals surface area contributed by atoms with E-state index in [0.717, 1.165) is 40.9 Å². The largest absolute Gasteiger partial charge is 0.479 e. The van der Waals surface area contributed by atoms with Gasteiger partial charge in [-0.1, -0.05) is 61.4 Å². The quantitative estimate of drug-likeness (QED) is 0.263. The van der Waals surface area contributed by atoms with Gasteiger partial charge in [0.05, 0.1) is 12.1 Å². The van der Waals surface area contributed by atoms with Gasteiger partial charge >= 0.3 is 12.1 Å². The van der Waals surface area contributed by atoms with Crippen molar-refractivity contribution >= 4 is 45.6 Å². The van der Waals surface area contributed by atoms with E-state index in [9.17, 15) is 24.3 Å². The molecular weight excluding hydrogens is 600 g/mol. The molecule has 3 aliphatic rings. The molecule has 2 fully saturated rings. The fraction of sp³-hybridized carbons (Fsp3) is 0.472. The minimum Gasteiger partial charge on any atom is -0.479 e. The topological polar surface area (TPSA) is 147 Å². The number of carbonyl (C=O) groups excluding carboxylic acids is 3. The van der Waals surface area contributed by atoms with Crippen LogP contribution in [0.2, 0.25) is 0 Å². The number of amides is 3. The molecule has 1 aromatic heterocycles. The summed E-state index contributed by atoms with van der Waals surface area (Å²) in [6.45, 7) is 5.29. The van der Waals surface area contributed by atoms with Crippen molar-refractivity contribution in [3.05, 3.63) is 60.7 Å². The van der Waals surface area contributed by atoms with Gasteiger partial charge in [0, 0.05) is 23.1 Å². The van der Waals surface area contributed by atoms with Gasteiger partial charge in [-0.05, 0) is 64.0 Å². The van der Waals surface area contributed by atoms with Gasteiger partial charge in [0.1, 0.15) is 29.3 Å². The van der Waals surface area contributed by atoms with Crippen LogP contribution in [0.5, 0.6) is 5.88 Å². The number of nitrogens with zero attached hydrogens (tertiary/aromatic N) is 2. The SMILES string of the molecule is CC(C)(C)OC(=O)N[C@H]1CCCCCC=C[C@@H]2C[C@@]2(C(=O)O)NC(=O)[C@@H]2C[C@@H](Oc3nc4ccccc4c4ccccc34)CN2C1=O. The molecular formula is C36H42N4O7. The molecule has 0 bridgehead atoms. The zero-order valence-corrected chi connectivity index (χ0v) is 27.0. The van der Waals surface area contributed by atoms with Crippen molar-refractivity contribution in [2.75, 3.05) is 6.54 Å². The number of nitrogens with one attached hydrogen (secondary N) is 2. The third-order valence-corrected chi connectivity index (χ3v) is 9.16. The number of rotatable bonds is 4. The molecule has 3 heterocycles. The van der Waals surface area contributed by atoms with Crippen molar-refractivity contribution in [3.8, 4) is 5.88 Å². The van der Waals surface area contributed by atoms with E-state index < -0.39 is 53.2 Å². The number of fused-ring (bicyclic) bond motifs is 5. The van der Waals surface area contributed by atoms with Crippen LogP contribution in [0.3, 0.4) is 0 Å². The van der Waals surface area contributed by atoms with Gasteiger partial charge in [0.2, 0.25) is 17.7 Å². The smallest absolute Gasteiger partial charge is 0.408 e. The molecule has 3 amide bonds. The molecule has 0 spiro atoms. The minimum atomic E-state index is -1.42. The van der Waals surface area contributed by atoms with Crippen molar-refractivity contribution in [1.29, 1.82) is 0 Å². The maximum absolute atomic E-state index is 14.3. The number of alkyl carbamates (subject to hydrolysis) is 1. The fourth-order valence-electron chi connectivity index (χ4n) is 6.72. The molecule has 248 valence electrons. The van der Waals surface area contributed by atoms with E-state index in [2.05, 4.69) is 10.6 Å². The van der Waals surface area contributed by atoms with E-state index in [1.54, 1.807) is 20.8 Å². The summed E-state index contributed by atoms with van der Waals surface area (Å²) in [5.41, 5.74) is -1.44. The summed E-state index contributed by atoms with van der Waals surface area (Å²) in [6.07, 6.45) is 6.34. The van der Waals surface area contributed by atoms with Crippen molar-refractivity contribution in [2.45, 2.75) is 95.0 Å². The molecule has 2 aliphatic heterocycles. The predicted molar refractivity (Wildman–Crippen MR) is 176 cm³/mol. The number of benzene rings is 2. The number of ether oxygens (including phenoxy) is 2. The van der Waals surface area contributed by atoms with Crippen LogP contribution in [0.25, 0.3) is 21.7 Å². The second-order valence-electron chi connectivity index (χ2n) is 13.8. The summed E-state index contributed by atoms with van der Waals surface area (Å²) < 4.78 is 12.0. The Balaban J connectivity index is 1.33. The molecule has 0 radical (unpaired) electrons. The molecule has 11 heteroatoms.